The molecule has 0 aliphatic carbocycles. The number of benzene rings is 1. The van der Waals surface area contributed by atoms with E-state index in [1.165, 1.54) is 26.7 Å². The SMILES string of the molecule is C1CCOC1.CCC(=O)[O-].CCC(=O)[O-].Cc1cc(CN(Cc2ccccn2)Cc2ccccn2)c([O-])c(CN(Cc2ccccn2)Cc2ccccn2)c1.O=S(=O)([O-])C(F)(F)F.[Fe+3].[Fe+3]. The van der Waals surface area contributed by atoms with Crippen molar-refractivity contribution in [3.63, 3.8) is 0 Å². The average Bonchev–Trinajstić information content (AvgIpc) is 3.85. The van der Waals surface area contributed by atoms with Gasteiger partial charge in [-0.3, -0.25) is 29.7 Å². The van der Waals surface area contributed by atoms with E-state index in [1.807, 2.05) is 84.9 Å². The summed E-state index contributed by atoms with van der Waals surface area (Å²) < 4.78 is 63.8. The van der Waals surface area contributed by atoms with Gasteiger partial charge in [-0.25, -0.2) is 8.42 Å². The monoisotopic (exact) mass is 1010 g/mol. The molecule has 6 rings (SSSR count). The number of aliphatic carboxylic acids is 2. The maximum atomic E-state index is 13.9. The molecule has 352 valence electrons. The van der Waals surface area contributed by atoms with Gasteiger partial charge in [0, 0.05) is 89.2 Å². The maximum Gasteiger partial charge on any atom is 3.00 e. The summed E-state index contributed by atoms with van der Waals surface area (Å²) in [6.45, 7) is 10.6. The minimum absolute atomic E-state index is 0. The Hall–Kier alpha value is -4.82. The fraction of sp³-hybridized carbons (Fsp3) is 0.364. The van der Waals surface area contributed by atoms with Crippen LogP contribution in [0.1, 0.15) is 79.0 Å². The second-order valence-corrected chi connectivity index (χ2v) is 15.0. The summed E-state index contributed by atoms with van der Waals surface area (Å²) in [6.07, 6.45) is 9.98. The molecule has 0 spiro atoms. The van der Waals surface area contributed by atoms with E-state index < -0.39 is 27.6 Å². The quantitative estimate of drug-likeness (QED) is 0.0864. The number of carbonyl (C=O) groups is 2. The molecular formula is C44H51F3Fe2N6O9S+2. The van der Waals surface area contributed by atoms with Crippen LogP contribution in [0.25, 0.3) is 0 Å². The molecule has 1 aromatic carbocycles. The van der Waals surface area contributed by atoms with Crippen LogP contribution in [-0.4, -0.2) is 73.4 Å². The van der Waals surface area contributed by atoms with E-state index in [9.17, 15) is 38.1 Å². The van der Waals surface area contributed by atoms with E-state index in [1.54, 1.807) is 24.8 Å². The molecule has 0 unspecified atom stereocenters. The largest absolute Gasteiger partial charge is 3.00 e. The summed E-state index contributed by atoms with van der Waals surface area (Å²) in [5, 5.41) is 32.4. The third-order valence-electron chi connectivity index (χ3n) is 8.31. The molecule has 4 aromatic heterocycles. The van der Waals surface area contributed by atoms with Crippen LogP contribution in [0, 0.1) is 6.92 Å². The van der Waals surface area contributed by atoms with E-state index in [0.717, 1.165) is 52.7 Å². The second kappa shape index (κ2) is 32.8. The summed E-state index contributed by atoms with van der Waals surface area (Å²) in [5.74, 6) is -1.92. The van der Waals surface area contributed by atoms with Gasteiger partial charge in [0.05, 0.1) is 22.8 Å². The fourth-order valence-corrected chi connectivity index (χ4v) is 5.37. The average molecular weight is 1010 g/mol. The Morgan fingerprint density at radius 3 is 1.09 bits per heavy atom. The zero-order valence-corrected chi connectivity index (χ0v) is 39.0. The minimum Gasteiger partial charge on any atom is -0.872 e. The molecule has 5 aromatic rings. The van der Waals surface area contributed by atoms with Crippen molar-refractivity contribution >= 4 is 22.1 Å². The number of hydrogen-bond acceptors (Lipinski definition) is 15. The van der Waals surface area contributed by atoms with Gasteiger partial charge in [-0.1, -0.05) is 61.6 Å². The number of carbonyl (C=O) groups excluding carboxylic acids is 2. The molecule has 65 heavy (non-hydrogen) atoms. The normalized spacial score (nSPS) is 11.6. The Bertz CT molecular complexity index is 1960. The predicted molar refractivity (Wildman–Crippen MR) is 220 cm³/mol. The smallest absolute Gasteiger partial charge is 0.872 e. The molecule has 1 aliphatic heterocycles. The van der Waals surface area contributed by atoms with Crippen molar-refractivity contribution < 1.29 is 89.9 Å². The molecule has 0 saturated carbocycles. The van der Waals surface area contributed by atoms with Crippen LogP contribution in [0.3, 0.4) is 0 Å². The second-order valence-electron chi connectivity index (χ2n) is 13.7. The van der Waals surface area contributed by atoms with Gasteiger partial charge in [0.1, 0.15) is 0 Å². The molecule has 0 N–H and O–H groups in total. The van der Waals surface area contributed by atoms with Crippen LogP contribution >= 0.6 is 0 Å². The maximum absolute atomic E-state index is 13.9. The molecule has 15 nitrogen and oxygen atoms in total. The first-order valence-corrected chi connectivity index (χ1v) is 21.2. The molecule has 5 heterocycles. The van der Waals surface area contributed by atoms with Crippen molar-refractivity contribution in [1.82, 2.24) is 29.7 Å². The van der Waals surface area contributed by atoms with Gasteiger partial charge < -0.3 is 34.2 Å². The molecule has 0 amide bonds. The molecule has 0 bridgehead atoms. The van der Waals surface area contributed by atoms with Crippen LogP contribution in [0.4, 0.5) is 13.2 Å². The predicted octanol–water partition coefficient (Wildman–Crippen LogP) is 4.19. The summed E-state index contributed by atoms with van der Waals surface area (Å²) in [6, 6.07) is 27.7. The number of rotatable bonds is 14. The minimum atomic E-state index is -6.09. The Morgan fingerprint density at radius 1 is 0.631 bits per heavy atom. The van der Waals surface area contributed by atoms with E-state index >= 15 is 0 Å². The third-order valence-corrected chi connectivity index (χ3v) is 8.88. The summed E-state index contributed by atoms with van der Waals surface area (Å²) >= 11 is 0. The van der Waals surface area contributed by atoms with Crippen LogP contribution in [0.2, 0.25) is 0 Å². The van der Waals surface area contributed by atoms with E-state index in [2.05, 4.69) is 36.7 Å². The number of halogens is 3. The first-order valence-electron chi connectivity index (χ1n) is 19.7. The van der Waals surface area contributed by atoms with E-state index in [0.29, 0.717) is 39.3 Å². The number of aryl methyl sites for hydroxylation is 1. The van der Waals surface area contributed by atoms with Crippen molar-refractivity contribution in [3.8, 4) is 5.75 Å². The molecule has 21 heteroatoms. The Kier molecular flexibility index (Phi) is 30.3. The fourth-order valence-electron chi connectivity index (χ4n) is 5.37. The standard InChI is InChI=1S/C33H34N6O.C4H8O.2C3H6O2.CHF3O3S.2Fe/c1-26-18-27(20-38(22-29-10-2-6-14-34-29)23-30-11-3-7-15-35-30)33(40)28(19-26)21-39(24-31-12-4-8-16-36-31)25-32-13-5-9-17-37-32;1-2-4-5-3-1;2*1-2-3(4)5;2-1(3,4)8(5,6)7;;/h2-19,40H,20-25H2,1H3;1-4H2;2*2H2,1H3,(H,4,5);(H,5,6,7);;/q;;;;;2*+3/p-4. The molecule has 0 atom stereocenters. The number of hydrogen-bond donors (Lipinski definition) is 0. The van der Waals surface area contributed by atoms with Gasteiger partial charge in [-0.15, -0.1) is 0 Å². The van der Waals surface area contributed by atoms with Crippen LogP contribution in [0.15, 0.2) is 110 Å². The van der Waals surface area contributed by atoms with Gasteiger partial charge in [-0.05, 0) is 92.3 Å². The summed E-state index contributed by atoms with van der Waals surface area (Å²) in [7, 11) is -6.09. The van der Waals surface area contributed by atoms with E-state index in [4.69, 9.17) is 17.7 Å². The number of ether oxygens (including phenoxy) is 1. The first-order chi connectivity index (χ1) is 29.9. The summed E-state index contributed by atoms with van der Waals surface area (Å²) in [5.41, 5.74) is 0.788. The molecule has 1 aliphatic rings. The zero-order chi connectivity index (χ0) is 46.7. The molecule has 1 fully saturated rings. The third kappa shape index (κ3) is 26.7. The number of carboxylic acids is 2. The Balaban J connectivity index is 0.00000134. The number of carboxylic acid groups (broad SMARTS) is 2. The van der Waals surface area contributed by atoms with Crippen LogP contribution in [0.5, 0.6) is 5.75 Å². The van der Waals surface area contributed by atoms with Gasteiger partial charge in [-0.2, -0.15) is 13.2 Å². The topological polar surface area (TPSA) is 228 Å². The first kappa shape index (κ1) is 60.2. The van der Waals surface area contributed by atoms with Crippen molar-refractivity contribution in [2.45, 2.75) is 91.2 Å². The molecule has 2 radical (unpaired) electrons. The number of pyridine rings is 4. The van der Waals surface area contributed by atoms with Crippen molar-refractivity contribution in [2.24, 2.45) is 0 Å². The number of aromatic nitrogens is 4. The number of nitrogens with zero attached hydrogens (tertiary/aromatic N) is 6. The van der Waals surface area contributed by atoms with Gasteiger partial charge in [0.2, 0.25) is 0 Å². The number of alkyl halides is 3. The van der Waals surface area contributed by atoms with Gasteiger partial charge in [0.25, 0.3) is 0 Å². The van der Waals surface area contributed by atoms with Gasteiger partial charge >= 0.3 is 39.6 Å². The van der Waals surface area contributed by atoms with Crippen molar-refractivity contribution in [2.75, 3.05) is 13.2 Å². The van der Waals surface area contributed by atoms with E-state index in [-0.39, 0.29) is 52.7 Å². The van der Waals surface area contributed by atoms with Gasteiger partial charge in [0.15, 0.2) is 10.1 Å². The van der Waals surface area contributed by atoms with Crippen molar-refractivity contribution in [3.05, 3.63) is 149 Å². The van der Waals surface area contributed by atoms with Crippen LogP contribution in [-0.2, 0) is 97.8 Å². The van der Waals surface area contributed by atoms with Crippen LogP contribution < -0.4 is 15.3 Å². The Morgan fingerprint density at radius 2 is 0.908 bits per heavy atom. The Labute approximate surface area is 399 Å². The summed E-state index contributed by atoms with van der Waals surface area (Å²) in [4.78, 5) is 41.0. The molecular weight excluding hydrogens is 957 g/mol. The zero-order valence-electron chi connectivity index (χ0n) is 36.0. The van der Waals surface area contributed by atoms with Crippen molar-refractivity contribution in [1.29, 1.82) is 0 Å². The molecule has 1 saturated heterocycles.